The predicted molar refractivity (Wildman–Crippen MR) is 181 cm³/mol. The number of nitrogens with one attached hydrogen (secondary N) is 2. The summed E-state index contributed by atoms with van der Waals surface area (Å²) in [7, 11) is 3.26. The first kappa shape index (κ1) is 29.4. The second-order valence-electron chi connectivity index (χ2n) is 12.9. The van der Waals surface area contributed by atoms with Crippen LogP contribution in [0.4, 0.5) is 11.4 Å². The number of ether oxygens (including phenoxy) is 2. The first-order valence-corrected chi connectivity index (χ1v) is 15.5. The Kier molecular flexibility index (Phi) is 7.19. The molecule has 4 aromatic carbocycles. The molecule has 0 spiro atoms. The lowest BCUT2D eigenvalue weighted by Crippen LogP contribution is -2.47. The fraction of sp³-hybridized carbons (Fsp3) is 0.231. The van der Waals surface area contributed by atoms with Gasteiger partial charge in [-0.25, -0.2) is 0 Å². The molecular formula is C39H37N3O4. The number of carbonyl (C=O) groups is 2. The largest absolute Gasteiger partial charge is 0.497 e. The molecule has 0 fully saturated rings. The van der Waals surface area contributed by atoms with E-state index in [9.17, 15) is 4.79 Å². The van der Waals surface area contributed by atoms with Gasteiger partial charge in [0.1, 0.15) is 16.9 Å². The Morgan fingerprint density at radius 3 is 2.24 bits per heavy atom. The summed E-state index contributed by atoms with van der Waals surface area (Å²) < 4.78 is 11.1. The van der Waals surface area contributed by atoms with Crippen LogP contribution in [0.25, 0.3) is 10.9 Å². The smallest absolute Gasteiger partial charge is 0.247 e. The number of hydrogen-bond donors (Lipinski definition) is 2. The Morgan fingerprint density at radius 1 is 0.804 bits per heavy atom. The number of Topliss-reactive ketones (excluding diaryl/α,β-unsaturated/α-hetero) is 1. The molecule has 1 aromatic heterocycles. The zero-order valence-electron chi connectivity index (χ0n) is 26.5. The molecule has 1 amide bonds. The quantitative estimate of drug-likeness (QED) is 0.187. The summed E-state index contributed by atoms with van der Waals surface area (Å²) in [6.45, 7) is 4.56. The van der Waals surface area contributed by atoms with Gasteiger partial charge in [-0.1, -0.05) is 62.4 Å². The van der Waals surface area contributed by atoms with Crippen LogP contribution in [0, 0.1) is 5.41 Å². The van der Waals surface area contributed by atoms with E-state index in [4.69, 9.17) is 9.47 Å². The van der Waals surface area contributed by atoms with E-state index in [0.717, 1.165) is 50.4 Å². The minimum Gasteiger partial charge on any atom is -0.497 e. The average molecular weight is 612 g/mol. The van der Waals surface area contributed by atoms with Crippen LogP contribution in [0.1, 0.15) is 43.4 Å². The Bertz CT molecular complexity index is 1990. The average Bonchev–Trinajstić information content (AvgIpc) is 3.58. The van der Waals surface area contributed by atoms with E-state index in [1.165, 1.54) is 0 Å². The van der Waals surface area contributed by atoms with E-state index in [1.54, 1.807) is 14.2 Å². The van der Waals surface area contributed by atoms with Crippen molar-refractivity contribution in [2.24, 2.45) is 5.41 Å². The van der Waals surface area contributed by atoms with Crippen molar-refractivity contribution in [3.8, 4) is 11.5 Å². The molecule has 0 radical (unpaired) electrons. The lowest BCUT2D eigenvalue weighted by atomic mass is 9.62. The van der Waals surface area contributed by atoms with Crippen molar-refractivity contribution in [3.05, 3.63) is 131 Å². The number of H-pyrrole nitrogens is 1. The van der Waals surface area contributed by atoms with Crippen LogP contribution >= 0.6 is 0 Å². The Balaban J connectivity index is 1.56. The van der Waals surface area contributed by atoms with Gasteiger partial charge in [0.2, 0.25) is 5.91 Å². The molecule has 1 atom stereocenters. The van der Waals surface area contributed by atoms with E-state index < -0.39 is 5.41 Å². The predicted octanol–water partition coefficient (Wildman–Crippen LogP) is 7.77. The molecule has 2 aliphatic rings. The van der Waals surface area contributed by atoms with Crippen molar-refractivity contribution >= 4 is 34.0 Å². The Labute approximate surface area is 268 Å². The van der Waals surface area contributed by atoms with Crippen LogP contribution < -0.4 is 19.7 Å². The molecule has 5 aromatic rings. The highest BCUT2D eigenvalue weighted by Crippen LogP contribution is 2.57. The van der Waals surface area contributed by atoms with Gasteiger partial charge in [0.05, 0.1) is 20.8 Å². The third kappa shape index (κ3) is 4.74. The van der Waals surface area contributed by atoms with Crippen molar-refractivity contribution in [1.29, 1.82) is 0 Å². The first-order valence-electron chi connectivity index (χ1n) is 15.5. The minimum atomic E-state index is -1.44. The number of hydrogen-bond acceptors (Lipinski definition) is 5. The summed E-state index contributed by atoms with van der Waals surface area (Å²) in [6.07, 6.45) is 2.80. The van der Waals surface area contributed by atoms with Crippen molar-refractivity contribution < 1.29 is 19.1 Å². The third-order valence-electron chi connectivity index (χ3n) is 9.28. The molecule has 232 valence electrons. The summed E-state index contributed by atoms with van der Waals surface area (Å²) in [5.41, 5.74) is 4.38. The number of ketones is 1. The standard InChI is InChI=1S/C39H37N3O4/c1-38(2)21-33(41-26-14-16-27(45-3)17-15-26)36(35(43)22-38)39(31-23-40-32-13-9-8-12-29(31)32)30-20-28(46-4)18-19-34(30)42(37(39)44)24-25-10-6-5-7-11-25/h5-20,23,40-41H,21-22,24H2,1-4H3/t39-/m1/s1. The van der Waals surface area contributed by atoms with Crippen LogP contribution in [0.2, 0.25) is 0 Å². The summed E-state index contributed by atoms with van der Waals surface area (Å²) in [5, 5.41) is 4.50. The number of benzene rings is 4. The number of aromatic amines is 1. The van der Waals surface area contributed by atoms with Crippen molar-refractivity contribution in [2.75, 3.05) is 24.4 Å². The van der Waals surface area contributed by atoms with Gasteiger partial charge in [-0.2, -0.15) is 0 Å². The maximum atomic E-state index is 15.6. The van der Waals surface area contributed by atoms with Crippen molar-refractivity contribution in [2.45, 2.75) is 38.6 Å². The minimum absolute atomic E-state index is 0.0544. The number of methoxy groups -OCH3 is 2. The molecule has 0 saturated heterocycles. The van der Waals surface area contributed by atoms with Gasteiger partial charge in [0, 0.05) is 57.3 Å². The highest BCUT2D eigenvalue weighted by molar-refractivity contribution is 6.21. The number of amides is 1. The number of carbonyl (C=O) groups excluding carboxylic acids is 2. The van der Waals surface area contributed by atoms with Crippen LogP contribution in [0.5, 0.6) is 11.5 Å². The lowest BCUT2D eigenvalue weighted by molar-refractivity contribution is -0.125. The highest BCUT2D eigenvalue weighted by atomic mass is 16.5. The third-order valence-corrected chi connectivity index (χ3v) is 9.28. The molecule has 7 heteroatoms. The molecule has 7 rings (SSSR count). The van der Waals surface area contributed by atoms with Crippen LogP contribution in [-0.4, -0.2) is 30.9 Å². The first-order chi connectivity index (χ1) is 22.2. The number of anilines is 2. The van der Waals surface area contributed by atoms with E-state index in [2.05, 4.69) is 24.1 Å². The summed E-state index contributed by atoms with van der Waals surface area (Å²) in [6, 6.07) is 31.3. The topological polar surface area (TPSA) is 83.7 Å². The molecule has 1 aliphatic carbocycles. The second-order valence-corrected chi connectivity index (χ2v) is 12.9. The molecule has 0 bridgehead atoms. The summed E-state index contributed by atoms with van der Waals surface area (Å²) in [5.74, 6) is 1.13. The molecule has 2 N–H and O–H groups in total. The van der Waals surface area contributed by atoms with Gasteiger partial charge in [-0.05, 0) is 65.9 Å². The summed E-state index contributed by atoms with van der Waals surface area (Å²) in [4.78, 5) is 35.6. The normalized spacial score (nSPS) is 19.0. The van der Waals surface area contributed by atoms with Gasteiger partial charge in [-0.15, -0.1) is 0 Å². The molecule has 0 saturated carbocycles. The molecule has 46 heavy (non-hydrogen) atoms. The number of allylic oxidation sites excluding steroid dienone is 1. The fourth-order valence-corrected chi connectivity index (χ4v) is 7.26. The van der Waals surface area contributed by atoms with Crippen molar-refractivity contribution in [3.63, 3.8) is 0 Å². The molecule has 1 aliphatic heterocycles. The number of nitrogens with zero attached hydrogens (tertiary/aromatic N) is 1. The van der Waals surface area contributed by atoms with Gasteiger partial charge >= 0.3 is 0 Å². The molecule has 7 nitrogen and oxygen atoms in total. The van der Waals surface area contributed by atoms with Gasteiger partial charge in [-0.3, -0.25) is 9.59 Å². The van der Waals surface area contributed by atoms with E-state index in [0.29, 0.717) is 30.7 Å². The number of para-hydroxylation sites is 1. The molecule has 0 unspecified atom stereocenters. The van der Waals surface area contributed by atoms with E-state index in [-0.39, 0.29) is 17.1 Å². The SMILES string of the molecule is COc1ccc(NC2=C([C@@]3(c4c[nH]c5ccccc45)C(=O)N(Cc4ccccc4)c4ccc(OC)cc43)C(=O)CC(C)(C)C2)cc1. The fourth-order valence-electron chi connectivity index (χ4n) is 7.26. The zero-order valence-corrected chi connectivity index (χ0v) is 26.5. The number of fused-ring (bicyclic) bond motifs is 2. The van der Waals surface area contributed by atoms with Gasteiger partial charge < -0.3 is 24.7 Å². The van der Waals surface area contributed by atoms with E-state index in [1.807, 2.05) is 108 Å². The monoisotopic (exact) mass is 611 g/mol. The second kappa shape index (κ2) is 11.2. The Morgan fingerprint density at radius 2 is 1.50 bits per heavy atom. The Hall–Kier alpha value is -5.30. The maximum Gasteiger partial charge on any atom is 0.247 e. The summed E-state index contributed by atoms with van der Waals surface area (Å²) >= 11 is 0. The molecule has 2 heterocycles. The lowest BCUT2D eigenvalue weighted by Gasteiger charge is -2.40. The van der Waals surface area contributed by atoms with Crippen LogP contribution in [0.3, 0.4) is 0 Å². The van der Waals surface area contributed by atoms with Crippen LogP contribution in [0.15, 0.2) is 115 Å². The molecular weight excluding hydrogens is 574 g/mol. The number of rotatable bonds is 8. The van der Waals surface area contributed by atoms with Gasteiger partial charge in [0.25, 0.3) is 0 Å². The van der Waals surface area contributed by atoms with E-state index >= 15 is 4.79 Å². The maximum absolute atomic E-state index is 15.6. The highest BCUT2D eigenvalue weighted by Gasteiger charge is 2.59. The van der Waals surface area contributed by atoms with Crippen molar-refractivity contribution in [1.82, 2.24) is 4.98 Å². The number of aromatic nitrogens is 1. The van der Waals surface area contributed by atoms with Gasteiger partial charge in [0.15, 0.2) is 5.78 Å². The van der Waals surface area contributed by atoms with Crippen LogP contribution in [-0.2, 0) is 21.5 Å². The zero-order chi connectivity index (χ0) is 32.1.